The highest BCUT2D eigenvalue weighted by Gasteiger charge is 2.19. The van der Waals surface area contributed by atoms with Crippen molar-refractivity contribution in [3.63, 3.8) is 0 Å². The van der Waals surface area contributed by atoms with Crippen molar-refractivity contribution < 1.29 is 13.9 Å². The van der Waals surface area contributed by atoms with Crippen LogP contribution in [0.5, 0.6) is 5.75 Å². The molecule has 0 saturated heterocycles. The van der Waals surface area contributed by atoms with Crippen molar-refractivity contribution in [2.45, 2.75) is 18.2 Å². The van der Waals surface area contributed by atoms with Crippen LogP contribution >= 0.6 is 34.7 Å². The minimum atomic E-state index is -0.480. The summed E-state index contributed by atoms with van der Waals surface area (Å²) in [5.41, 5.74) is 0.851. The Balaban J connectivity index is 1.36. The van der Waals surface area contributed by atoms with Gasteiger partial charge in [-0.3, -0.25) is 4.79 Å². The molecule has 1 unspecified atom stereocenters. The number of ether oxygens (including phenoxy) is 1. The molecule has 1 N–H and O–H groups in total. The molecule has 0 aliphatic rings. The van der Waals surface area contributed by atoms with Crippen molar-refractivity contribution in [2.75, 3.05) is 11.1 Å². The van der Waals surface area contributed by atoms with Crippen molar-refractivity contribution in [1.29, 1.82) is 0 Å². The van der Waals surface area contributed by atoms with Gasteiger partial charge in [0.05, 0.1) is 21.0 Å². The number of benzene rings is 2. The van der Waals surface area contributed by atoms with Gasteiger partial charge in [0.15, 0.2) is 22.2 Å². The summed E-state index contributed by atoms with van der Waals surface area (Å²) >= 11 is 8.70. The fourth-order valence-corrected chi connectivity index (χ4v) is 4.64. The normalized spacial score (nSPS) is 12.1. The molecule has 160 valence electrons. The summed E-state index contributed by atoms with van der Waals surface area (Å²) in [7, 11) is 1.79. The minimum absolute atomic E-state index is 0.154. The first kappa shape index (κ1) is 21.5. The molecule has 2 aromatic heterocycles. The second-order valence-electron chi connectivity index (χ2n) is 6.56. The maximum Gasteiger partial charge on any atom is 0.236 e. The third kappa shape index (κ3) is 4.97. The average Bonchev–Trinajstić information content (AvgIpc) is 3.31. The summed E-state index contributed by atoms with van der Waals surface area (Å²) in [6.45, 7) is 1.79. The van der Waals surface area contributed by atoms with Crippen molar-refractivity contribution in [3.8, 4) is 5.75 Å². The van der Waals surface area contributed by atoms with E-state index in [9.17, 15) is 9.18 Å². The van der Waals surface area contributed by atoms with Crippen LogP contribution in [-0.2, 0) is 11.8 Å². The predicted molar refractivity (Wildman–Crippen MR) is 120 cm³/mol. The van der Waals surface area contributed by atoms with Gasteiger partial charge in [0.2, 0.25) is 5.91 Å². The van der Waals surface area contributed by atoms with Crippen molar-refractivity contribution in [2.24, 2.45) is 7.05 Å². The van der Waals surface area contributed by atoms with Crippen LogP contribution in [0.3, 0.4) is 0 Å². The monoisotopic (exact) mass is 477 g/mol. The fourth-order valence-electron chi connectivity index (χ4n) is 2.83. The van der Waals surface area contributed by atoms with Gasteiger partial charge in [-0.05, 0) is 37.3 Å². The minimum Gasteiger partial charge on any atom is -0.481 e. The molecule has 0 aliphatic carbocycles. The zero-order valence-electron chi connectivity index (χ0n) is 16.5. The standard InChI is InChI=1S/C20H17ClFN5O2S2/c1-11(29-15-8-7-12(22)9-13(15)21)18-25-26-20(27(18)2)30-10-17(28)24-19-23-14-5-3-4-6-16(14)31-19/h3-9,11H,10H2,1-2H3,(H,23,24,28). The summed E-state index contributed by atoms with van der Waals surface area (Å²) in [5, 5.41) is 12.4. The van der Waals surface area contributed by atoms with E-state index >= 15 is 0 Å². The number of fused-ring (bicyclic) bond motifs is 1. The van der Waals surface area contributed by atoms with Gasteiger partial charge in [-0.15, -0.1) is 10.2 Å². The maximum atomic E-state index is 13.2. The summed E-state index contributed by atoms with van der Waals surface area (Å²) in [6, 6.07) is 11.6. The molecule has 0 saturated carbocycles. The van der Waals surface area contributed by atoms with Gasteiger partial charge < -0.3 is 14.6 Å². The number of anilines is 1. The van der Waals surface area contributed by atoms with Crippen LogP contribution in [0.25, 0.3) is 10.2 Å². The van der Waals surface area contributed by atoms with E-state index in [1.807, 2.05) is 24.3 Å². The van der Waals surface area contributed by atoms with Crippen molar-refractivity contribution >= 4 is 56.0 Å². The Labute approximate surface area is 190 Å². The zero-order valence-corrected chi connectivity index (χ0v) is 18.9. The number of carbonyl (C=O) groups is 1. The second-order valence-corrected chi connectivity index (χ2v) is 8.94. The smallest absolute Gasteiger partial charge is 0.236 e. The van der Waals surface area contributed by atoms with E-state index in [1.54, 1.807) is 18.5 Å². The molecule has 0 bridgehead atoms. The number of aromatic nitrogens is 4. The Morgan fingerprint density at radius 3 is 2.90 bits per heavy atom. The number of nitrogens with one attached hydrogen (secondary N) is 1. The van der Waals surface area contributed by atoms with Gasteiger partial charge in [0.25, 0.3) is 0 Å². The predicted octanol–water partition coefficient (Wildman–Crippen LogP) is 5.09. The number of rotatable bonds is 7. The molecule has 0 aliphatic heterocycles. The Kier molecular flexibility index (Phi) is 6.40. The number of halogens is 2. The topological polar surface area (TPSA) is 81.9 Å². The Bertz CT molecular complexity index is 1210. The quantitative estimate of drug-likeness (QED) is 0.373. The molecule has 2 heterocycles. The van der Waals surface area contributed by atoms with Gasteiger partial charge in [-0.25, -0.2) is 9.37 Å². The van der Waals surface area contributed by atoms with E-state index in [4.69, 9.17) is 16.3 Å². The second kappa shape index (κ2) is 9.21. The Morgan fingerprint density at radius 1 is 1.32 bits per heavy atom. The number of thiazole rings is 1. The molecule has 1 atom stereocenters. The molecule has 0 spiro atoms. The lowest BCUT2D eigenvalue weighted by Crippen LogP contribution is -2.14. The van der Waals surface area contributed by atoms with E-state index in [1.165, 1.54) is 41.3 Å². The molecule has 7 nitrogen and oxygen atoms in total. The van der Waals surface area contributed by atoms with Gasteiger partial charge in [-0.2, -0.15) is 0 Å². The van der Waals surface area contributed by atoms with Crippen LogP contribution in [0.1, 0.15) is 18.9 Å². The van der Waals surface area contributed by atoms with Crippen molar-refractivity contribution in [1.82, 2.24) is 19.7 Å². The molecule has 4 rings (SSSR count). The Morgan fingerprint density at radius 2 is 2.13 bits per heavy atom. The van der Waals surface area contributed by atoms with Crippen LogP contribution in [0, 0.1) is 5.82 Å². The van der Waals surface area contributed by atoms with E-state index in [-0.39, 0.29) is 16.7 Å². The number of nitrogens with zero attached hydrogens (tertiary/aromatic N) is 4. The largest absolute Gasteiger partial charge is 0.481 e. The van der Waals surface area contributed by atoms with Crippen LogP contribution < -0.4 is 10.1 Å². The number of amides is 1. The highest BCUT2D eigenvalue weighted by Crippen LogP contribution is 2.30. The highest BCUT2D eigenvalue weighted by molar-refractivity contribution is 7.99. The van der Waals surface area contributed by atoms with Crippen LogP contribution in [0.4, 0.5) is 9.52 Å². The first-order chi connectivity index (χ1) is 14.9. The lowest BCUT2D eigenvalue weighted by Gasteiger charge is -2.15. The lowest BCUT2D eigenvalue weighted by molar-refractivity contribution is -0.113. The lowest BCUT2D eigenvalue weighted by atomic mass is 10.3. The van der Waals surface area contributed by atoms with Gasteiger partial charge in [0.1, 0.15) is 11.6 Å². The molecular formula is C20H17ClFN5O2S2. The first-order valence-corrected chi connectivity index (χ1v) is 11.4. The number of carbonyl (C=O) groups excluding carboxylic acids is 1. The summed E-state index contributed by atoms with van der Waals surface area (Å²) < 4.78 is 21.8. The molecule has 4 aromatic rings. The molecule has 2 aromatic carbocycles. The van der Waals surface area contributed by atoms with Gasteiger partial charge in [0, 0.05) is 7.05 Å². The van der Waals surface area contributed by atoms with E-state index < -0.39 is 11.9 Å². The molecule has 31 heavy (non-hydrogen) atoms. The first-order valence-electron chi connectivity index (χ1n) is 9.20. The van der Waals surface area contributed by atoms with Crippen LogP contribution in [0.15, 0.2) is 47.6 Å². The van der Waals surface area contributed by atoms with E-state index in [0.29, 0.717) is 21.9 Å². The number of thioether (sulfide) groups is 1. The SMILES string of the molecule is CC(Oc1ccc(F)cc1Cl)c1nnc(SCC(=O)Nc2nc3ccccc3s2)n1C. The molecule has 1 amide bonds. The molecule has 11 heteroatoms. The molecule has 0 fully saturated rings. The number of para-hydroxylation sites is 1. The van der Waals surface area contributed by atoms with E-state index in [0.717, 1.165) is 10.2 Å². The number of hydrogen-bond acceptors (Lipinski definition) is 7. The summed E-state index contributed by atoms with van der Waals surface area (Å²) in [6.07, 6.45) is -0.480. The maximum absolute atomic E-state index is 13.2. The average molecular weight is 478 g/mol. The highest BCUT2D eigenvalue weighted by atomic mass is 35.5. The fraction of sp³-hybridized carbons (Fsp3) is 0.200. The van der Waals surface area contributed by atoms with Crippen molar-refractivity contribution in [3.05, 3.63) is 59.1 Å². The third-order valence-electron chi connectivity index (χ3n) is 4.30. The van der Waals surface area contributed by atoms with Gasteiger partial charge >= 0.3 is 0 Å². The molecular weight excluding hydrogens is 461 g/mol. The van der Waals surface area contributed by atoms with E-state index in [2.05, 4.69) is 20.5 Å². The molecule has 0 radical (unpaired) electrons. The number of hydrogen-bond donors (Lipinski definition) is 1. The van der Waals surface area contributed by atoms with Gasteiger partial charge in [-0.1, -0.05) is 46.8 Å². The van der Waals surface area contributed by atoms with Crippen LogP contribution in [0.2, 0.25) is 5.02 Å². The zero-order chi connectivity index (χ0) is 22.0. The van der Waals surface area contributed by atoms with Crippen LogP contribution in [-0.4, -0.2) is 31.4 Å². The summed E-state index contributed by atoms with van der Waals surface area (Å²) in [4.78, 5) is 16.7. The third-order valence-corrected chi connectivity index (χ3v) is 6.57. The Hall–Kier alpha value is -2.69. The summed E-state index contributed by atoms with van der Waals surface area (Å²) in [5.74, 6) is 0.431.